The minimum atomic E-state index is -0.00175. The molecule has 0 atom stereocenters. The molecule has 0 saturated heterocycles. The molecule has 2 aromatic heterocycles. The van der Waals surface area contributed by atoms with Crippen molar-refractivity contribution in [1.29, 1.82) is 0 Å². The third kappa shape index (κ3) is 3.85. The van der Waals surface area contributed by atoms with Gasteiger partial charge in [0.1, 0.15) is 0 Å². The van der Waals surface area contributed by atoms with E-state index < -0.39 is 0 Å². The number of benzene rings is 2. The van der Waals surface area contributed by atoms with E-state index in [1.54, 1.807) is 22.7 Å². The number of fused-ring (bicyclic) bond motifs is 2. The van der Waals surface area contributed by atoms with Crippen molar-refractivity contribution >= 4 is 54.1 Å². The number of carbonyl (C=O) groups is 1. The number of nitrogens with zero attached hydrogens (tertiary/aromatic N) is 3. The lowest BCUT2D eigenvalue weighted by molar-refractivity contribution is -0.858. The number of rotatable bonds is 6. The second kappa shape index (κ2) is 7.72. The van der Waals surface area contributed by atoms with Crippen LogP contribution >= 0.6 is 22.7 Å². The van der Waals surface area contributed by atoms with E-state index in [-0.39, 0.29) is 5.91 Å². The van der Waals surface area contributed by atoms with E-state index in [2.05, 4.69) is 19.1 Å². The first-order valence-electron chi connectivity index (χ1n) is 8.91. The fraction of sp³-hybridized carbons (Fsp3) is 0.250. The normalized spacial score (nSPS) is 11.5. The zero-order chi connectivity index (χ0) is 18.8. The van der Waals surface area contributed by atoms with Gasteiger partial charge in [-0.15, -0.1) is 11.3 Å². The van der Waals surface area contributed by atoms with Crippen molar-refractivity contribution in [2.24, 2.45) is 0 Å². The molecule has 0 saturated carbocycles. The van der Waals surface area contributed by atoms with Crippen molar-refractivity contribution < 1.29 is 9.69 Å². The first-order valence-corrected chi connectivity index (χ1v) is 10.6. The summed E-state index contributed by atoms with van der Waals surface area (Å²) >= 11 is 3.12. The highest BCUT2D eigenvalue weighted by atomic mass is 32.1. The molecule has 5 nitrogen and oxygen atoms in total. The highest BCUT2D eigenvalue weighted by Gasteiger charge is 2.22. The highest BCUT2D eigenvalue weighted by Crippen LogP contribution is 2.30. The molecule has 138 valence electrons. The largest absolute Gasteiger partial charge is 0.340 e. The maximum atomic E-state index is 13.3. The Morgan fingerprint density at radius 3 is 2.78 bits per heavy atom. The lowest BCUT2D eigenvalue weighted by Gasteiger charge is -2.20. The number of nitrogens with one attached hydrogen (secondary N) is 1. The predicted octanol–water partition coefficient (Wildman–Crippen LogP) is 3.09. The van der Waals surface area contributed by atoms with Gasteiger partial charge in [0.15, 0.2) is 5.13 Å². The quantitative estimate of drug-likeness (QED) is 0.544. The monoisotopic (exact) mass is 397 g/mol. The van der Waals surface area contributed by atoms with Crippen molar-refractivity contribution in [3.63, 3.8) is 0 Å². The summed E-state index contributed by atoms with van der Waals surface area (Å²) in [7, 11) is 4.25. The van der Waals surface area contributed by atoms with Crippen molar-refractivity contribution in [2.75, 3.05) is 32.1 Å². The van der Waals surface area contributed by atoms with Gasteiger partial charge >= 0.3 is 0 Å². The molecule has 1 amide bonds. The smallest absolute Gasteiger partial charge is 0.260 e. The van der Waals surface area contributed by atoms with Gasteiger partial charge < -0.3 is 4.90 Å². The Bertz CT molecular complexity index is 1050. The van der Waals surface area contributed by atoms with Gasteiger partial charge in [-0.25, -0.2) is 9.97 Å². The van der Waals surface area contributed by atoms with Crippen LogP contribution in [-0.4, -0.2) is 43.1 Å². The van der Waals surface area contributed by atoms with Crippen LogP contribution in [0.15, 0.2) is 48.0 Å². The molecule has 0 bridgehead atoms. The molecule has 0 radical (unpaired) electrons. The minimum Gasteiger partial charge on any atom is -0.340 e. The number of anilines is 1. The van der Waals surface area contributed by atoms with Crippen LogP contribution in [0.2, 0.25) is 0 Å². The van der Waals surface area contributed by atoms with Gasteiger partial charge in [-0.3, -0.25) is 9.69 Å². The molecule has 1 N–H and O–H groups in total. The van der Waals surface area contributed by atoms with Gasteiger partial charge in [-0.05, 0) is 30.3 Å². The molecule has 0 aliphatic carbocycles. The van der Waals surface area contributed by atoms with Crippen LogP contribution in [0.4, 0.5) is 5.13 Å². The topological polar surface area (TPSA) is 50.5 Å². The Morgan fingerprint density at radius 2 is 1.96 bits per heavy atom. The number of hydrogen-bond donors (Lipinski definition) is 1. The van der Waals surface area contributed by atoms with Crippen LogP contribution in [0.5, 0.6) is 0 Å². The van der Waals surface area contributed by atoms with Gasteiger partial charge in [0, 0.05) is 18.5 Å². The molecule has 7 heteroatoms. The molecule has 0 spiro atoms. The fourth-order valence-electron chi connectivity index (χ4n) is 2.99. The van der Waals surface area contributed by atoms with E-state index >= 15 is 0 Å². The molecule has 4 aromatic rings. The third-order valence-electron chi connectivity index (χ3n) is 4.40. The Labute approximate surface area is 165 Å². The Kier molecular flexibility index (Phi) is 5.15. The number of para-hydroxylation sites is 1. The summed E-state index contributed by atoms with van der Waals surface area (Å²) in [4.78, 5) is 25.6. The Hall–Kier alpha value is -2.35. The molecule has 0 aliphatic rings. The van der Waals surface area contributed by atoms with Crippen LogP contribution in [0.1, 0.15) is 16.8 Å². The molecule has 2 heterocycles. The summed E-state index contributed by atoms with van der Waals surface area (Å²) in [6.07, 6.45) is 0.923. The first-order chi connectivity index (χ1) is 13.1. The number of carbonyl (C=O) groups excluding carboxylic acids is 1. The van der Waals surface area contributed by atoms with E-state index in [1.807, 2.05) is 52.9 Å². The summed E-state index contributed by atoms with van der Waals surface area (Å²) in [6, 6.07) is 13.7. The van der Waals surface area contributed by atoms with E-state index in [1.165, 1.54) is 4.90 Å². The van der Waals surface area contributed by atoms with Crippen molar-refractivity contribution in [3.05, 3.63) is 53.5 Å². The lowest BCUT2D eigenvalue weighted by Crippen LogP contribution is -3.05. The average molecular weight is 398 g/mol. The van der Waals surface area contributed by atoms with E-state index in [9.17, 15) is 4.79 Å². The molecule has 0 aliphatic heterocycles. The summed E-state index contributed by atoms with van der Waals surface area (Å²) in [5.74, 6) is -0.00175. The predicted molar refractivity (Wildman–Crippen MR) is 113 cm³/mol. The highest BCUT2D eigenvalue weighted by molar-refractivity contribution is 7.22. The SMILES string of the molecule is C[NH+](C)CCCN(C(=O)c1ccc2ncsc2c1)c1nc2ccccc2s1. The van der Waals surface area contributed by atoms with Crippen molar-refractivity contribution in [1.82, 2.24) is 9.97 Å². The maximum Gasteiger partial charge on any atom is 0.260 e. The Balaban J connectivity index is 1.68. The first kappa shape index (κ1) is 18.0. The molecular formula is C20H21N4OS2+. The molecule has 0 fully saturated rings. The molecule has 2 aromatic carbocycles. The molecule has 27 heavy (non-hydrogen) atoms. The van der Waals surface area contributed by atoms with Crippen molar-refractivity contribution in [2.45, 2.75) is 6.42 Å². The van der Waals surface area contributed by atoms with Gasteiger partial charge in [-0.2, -0.15) is 0 Å². The Morgan fingerprint density at radius 1 is 1.11 bits per heavy atom. The van der Waals surface area contributed by atoms with Gasteiger partial charge in [0.2, 0.25) is 0 Å². The minimum absolute atomic E-state index is 0.00175. The van der Waals surface area contributed by atoms with Crippen LogP contribution in [0.25, 0.3) is 20.4 Å². The van der Waals surface area contributed by atoms with E-state index in [4.69, 9.17) is 4.98 Å². The number of aromatic nitrogens is 2. The second-order valence-electron chi connectivity index (χ2n) is 6.77. The summed E-state index contributed by atoms with van der Waals surface area (Å²) in [5.41, 5.74) is 4.36. The van der Waals surface area contributed by atoms with Gasteiger partial charge in [-0.1, -0.05) is 23.5 Å². The van der Waals surface area contributed by atoms with Crippen LogP contribution in [0.3, 0.4) is 0 Å². The molecule has 4 rings (SSSR count). The van der Waals surface area contributed by atoms with Gasteiger partial charge in [0.05, 0.1) is 46.6 Å². The standard InChI is InChI=1S/C20H20N4OS2/c1-23(2)10-5-11-24(20-22-16-6-3-4-7-17(16)27-20)19(25)14-8-9-15-18(12-14)26-13-21-15/h3-4,6-9,12-13H,5,10-11H2,1-2H3/p+1. The maximum absolute atomic E-state index is 13.3. The fourth-order valence-corrected chi connectivity index (χ4v) is 4.70. The van der Waals surface area contributed by atoms with E-state index in [0.717, 1.165) is 38.5 Å². The zero-order valence-electron chi connectivity index (χ0n) is 15.3. The van der Waals surface area contributed by atoms with Gasteiger partial charge in [0.25, 0.3) is 5.91 Å². The summed E-state index contributed by atoms with van der Waals surface area (Å²) in [6.45, 7) is 1.66. The van der Waals surface area contributed by atoms with Crippen LogP contribution in [0, 0.1) is 0 Å². The summed E-state index contributed by atoms with van der Waals surface area (Å²) in [5, 5.41) is 0.763. The van der Waals surface area contributed by atoms with Crippen LogP contribution in [-0.2, 0) is 0 Å². The zero-order valence-corrected chi connectivity index (χ0v) is 16.9. The van der Waals surface area contributed by atoms with E-state index in [0.29, 0.717) is 12.1 Å². The number of quaternary nitrogens is 1. The average Bonchev–Trinajstić information content (AvgIpc) is 3.30. The van der Waals surface area contributed by atoms with Crippen LogP contribution < -0.4 is 9.80 Å². The number of hydrogen-bond acceptors (Lipinski definition) is 5. The molecular weight excluding hydrogens is 376 g/mol. The van der Waals surface area contributed by atoms with Crippen molar-refractivity contribution in [3.8, 4) is 0 Å². The summed E-state index contributed by atoms with van der Waals surface area (Å²) < 4.78 is 2.13. The number of thiazole rings is 2. The lowest BCUT2D eigenvalue weighted by atomic mass is 10.2. The number of amides is 1. The second-order valence-corrected chi connectivity index (χ2v) is 8.66. The molecule has 0 unspecified atom stereocenters. The third-order valence-corrected chi connectivity index (χ3v) is 6.25.